The van der Waals surface area contributed by atoms with Crippen molar-refractivity contribution in [1.29, 1.82) is 0 Å². The van der Waals surface area contributed by atoms with Crippen LogP contribution in [0.5, 0.6) is 17.2 Å². The molecule has 1 N–H and O–H groups in total. The van der Waals surface area contributed by atoms with Crippen LogP contribution in [0.4, 0.5) is 5.69 Å². The van der Waals surface area contributed by atoms with Gasteiger partial charge in [-0.1, -0.05) is 12.1 Å². The van der Waals surface area contributed by atoms with E-state index in [4.69, 9.17) is 9.47 Å². The topological polar surface area (TPSA) is 78.3 Å². The average Bonchev–Trinajstić information content (AvgIpc) is 3.13. The van der Waals surface area contributed by atoms with E-state index in [2.05, 4.69) is 15.4 Å². The summed E-state index contributed by atoms with van der Waals surface area (Å²) in [6.07, 6.45) is 1.54. The molecule has 156 valence electrons. The molecule has 0 aliphatic carbocycles. The highest BCUT2D eigenvalue weighted by atomic mass is 16.5. The number of amides is 1. The third-order valence-corrected chi connectivity index (χ3v) is 4.65. The number of anilines is 1. The van der Waals surface area contributed by atoms with Crippen LogP contribution in [0.15, 0.2) is 72.9 Å². The molecular formula is C24H22N4O3. The summed E-state index contributed by atoms with van der Waals surface area (Å²) in [7, 11) is 1.60. The first-order valence-corrected chi connectivity index (χ1v) is 9.75. The molecule has 2 aromatic carbocycles. The standard InChI is InChI=1S/C24H22N4O3/c1-16-14-17(2)28(27-16)23-13-8-18(15-25-23)24(29)26-19-9-11-20(12-10-19)31-22-7-5-4-6-21(22)30-3/h4-15H,1-3H3,(H,26,29). The number of carbonyl (C=O) groups is 1. The summed E-state index contributed by atoms with van der Waals surface area (Å²) in [6, 6.07) is 20.0. The Morgan fingerprint density at radius 1 is 0.968 bits per heavy atom. The number of aryl methyl sites for hydroxylation is 2. The van der Waals surface area contributed by atoms with E-state index >= 15 is 0 Å². The van der Waals surface area contributed by atoms with E-state index in [1.54, 1.807) is 54.4 Å². The van der Waals surface area contributed by atoms with Gasteiger partial charge in [0.05, 0.1) is 18.4 Å². The summed E-state index contributed by atoms with van der Waals surface area (Å²) >= 11 is 0. The van der Waals surface area contributed by atoms with Crippen LogP contribution in [0.25, 0.3) is 5.82 Å². The number of benzene rings is 2. The normalized spacial score (nSPS) is 10.5. The Bertz CT molecular complexity index is 1200. The van der Waals surface area contributed by atoms with Gasteiger partial charge in [0.2, 0.25) is 0 Å². The molecule has 4 aromatic rings. The molecule has 2 aromatic heterocycles. The maximum Gasteiger partial charge on any atom is 0.257 e. The van der Waals surface area contributed by atoms with Gasteiger partial charge in [-0.25, -0.2) is 9.67 Å². The van der Waals surface area contributed by atoms with Gasteiger partial charge in [0.1, 0.15) is 5.75 Å². The van der Waals surface area contributed by atoms with Gasteiger partial charge in [-0.15, -0.1) is 0 Å². The van der Waals surface area contributed by atoms with E-state index in [-0.39, 0.29) is 5.91 Å². The van der Waals surface area contributed by atoms with Crippen molar-refractivity contribution in [2.75, 3.05) is 12.4 Å². The Labute approximate surface area is 180 Å². The van der Waals surface area contributed by atoms with Crippen molar-refractivity contribution in [1.82, 2.24) is 14.8 Å². The number of para-hydroxylation sites is 2. The van der Waals surface area contributed by atoms with Crippen molar-refractivity contribution in [2.24, 2.45) is 0 Å². The molecule has 4 rings (SSSR count). The number of nitrogens with zero attached hydrogens (tertiary/aromatic N) is 3. The van der Waals surface area contributed by atoms with Crippen LogP contribution < -0.4 is 14.8 Å². The Morgan fingerprint density at radius 3 is 2.32 bits per heavy atom. The highest BCUT2D eigenvalue weighted by Crippen LogP contribution is 2.31. The van der Waals surface area contributed by atoms with Gasteiger partial charge >= 0.3 is 0 Å². The van der Waals surface area contributed by atoms with Crippen molar-refractivity contribution in [2.45, 2.75) is 13.8 Å². The van der Waals surface area contributed by atoms with Gasteiger partial charge in [-0.05, 0) is 68.4 Å². The molecule has 7 nitrogen and oxygen atoms in total. The monoisotopic (exact) mass is 414 g/mol. The van der Waals surface area contributed by atoms with E-state index in [0.29, 0.717) is 34.3 Å². The second kappa shape index (κ2) is 8.71. The van der Waals surface area contributed by atoms with Crippen molar-refractivity contribution >= 4 is 11.6 Å². The molecule has 0 aliphatic heterocycles. The molecule has 0 unspecified atom stereocenters. The zero-order valence-corrected chi connectivity index (χ0v) is 17.5. The summed E-state index contributed by atoms with van der Waals surface area (Å²) in [5.41, 5.74) is 3.01. The molecule has 0 saturated heterocycles. The fraction of sp³-hybridized carbons (Fsp3) is 0.125. The van der Waals surface area contributed by atoms with E-state index in [0.717, 1.165) is 11.4 Å². The summed E-state index contributed by atoms with van der Waals surface area (Å²) in [4.78, 5) is 16.9. The zero-order chi connectivity index (χ0) is 21.8. The first-order valence-electron chi connectivity index (χ1n) is 9.75. The summed E-state index contributed by atoms with van der Waals surface area (Å²) in [6.45, 7) is 3.89. The minimum Gasteiger partial charge on any atom is -0.493 e. The quantitative estimate of drug-likeness (QED) is 0.484. The van der Waals surface area contributed by atoms with Crippen molar-refractivity contribution < 1.29 is 14.3 Å². The van der Waals surface area contributed by atoms with Crippen LogP contribution in [0.2, 0.25) is 0 Å². The molecule has 0 bridgehead atoms. The maximum absolute atomic E-state index is 12.6. The highest BCUT2D eigenvalue weighted by Gasteiger charge is 2.10. The minimum atomic E-state index is -0.245. The number of aromatic nitrogens is 3. The largest absolute Gasteiger partial charge is 0.493 e. The lowest BCUT2D eigenvalue weighted by Crippen LogP contribution is -2.13. The molecular weight excluding hydrogens is 392 g/mol. The van der Waals surface area contributed by atoms with Gasteiger partial charge in [0, 0.05) is 17.6 Å². The number of carbonyl (C=O) groups excluding carboxylic acids is 1. The van der Waals surface area contributed by atoms with Gasteiger partial charge in [0.15, 0.2) is 17.3 Å². The predicted molar refractivity (Wildman–Crippen MR) is 118 cm³/mol. The second-order valence-electron chi connectivity index (χ2n) is 6.98. The van der Waals surface area contributed by atoms with Crippen molar-refractivity contribution in [3.63, 3.8) is 0 Å². The first-order chi connectivity index (χ1) is 15.0. The fourth-order valence-corrected chi connectivity index (χ4v) is 3.15. The first kappa shape index (κ1) is 20.2. The fourth-order valence-electron chi connectivity index (χ4n) is 3.15. The van der Waals surface area contributed by atoms with Gasteiger partial charge in [-0.3, -0.25) is 4.79 Å². The van der Waals surface area contributed by atoms with E-state index in [1.807, 2.05) is 44.2 Å². The molecule has 0 saturated carbocycles. The number of pyridine rings is 1. The van der Waals surface area contributed by atoms with Gasteiger partial charge in [0.25, 0.3) is 5.91 Å². The highest BCUT2D eigenvalue weighted by molar-refractivity contribution is 6.04. The Kier molecular flexibility index (Phi) is 5.66. The van der Waals surface area contributed by atoms with Crippen LogP contribution >= 0.6 is 0 Å². The van der Waals surface area contributed by atoms with Gasteiger partial charge < -0.3 is 14.8 Å². The SMILES string of the molecule is COc1ccccc1Oc1ccc(NC(=O)c2ccc(-n3nc(C)cc3C)nc2)cc1. The van der Waals surface area contributed by atoms with E-state index in [1.165, 1.54) is 0 Å². The van der Waals surface area contributed by atoms with E-state index in [9.17, 15) is 4.79 Å². The van der Waals surface area contributed by atoms with Crippen LogP contribution in [0, 0.1) is 13.8 Å². The Hall–Kier alpha value is -4.13. The second-order valence-corrected chi connectivity index (χ2v) is 6.98. The maximum atomic E-state index is 12.6. The summed E-state index contributed by atoms with van der Waals surface area (Å²) in [5.74, 6) is 2.33. The molecule has 7 heteroatoms. The molecule has 0 fully saturated rings. The van der Waals surface area contributed by atoms with Crippen molar-refractivity contribution in [3.8, 4) is 23.1 Å². The number of hydrogen-bond acceptors (Lipinski definition) is 5. The molecule has 0 atom stereocenters. The minimum absolute atomic E-state index is 0.245. The molecule has 0 radical (unpaired) electrons. The molecule has 0 aliphatic rings. The number of nitrogens with one attached hydrogen (secondary N) is 1. The Balaban J connectivity index is 1.42. The summed E-state index contributed by atoms with van der Waals surface area (Å²) < 4.78 is 12.9. The van der Waals surface area contributed by atoms with Crippen LogP contribution in [-0.2, 0) is 0 Å². The number of ether oxygens (including phenoxy) is 2. The third-order valence-electron chi connectivity index (χ3n) is 4.65. The molecule has 31 heavy (non-hydrogen) atoms. The molecule has 2 heterocycles. The number of methoxy groups -OCH3 is 1. The lowest BCUT2D eigenvalue weighted by molar-refractivity contribution is 0.102. The average molecular weight is 414 g/mol. The smallest absolute Gasteiger partial charge is 0.257 e. The van der Waals surface area contributed by atoms with Crippen molar-refractivity contribution in [3.05, 3.63) is 89.9 Å². The lowest BCUT2D eigenvalue weighted by Gasteiger charge is -2.11. The molecule has 0 spiro atoms. The Morgan fingerprint density at radius 2 is 1.71 bits per heavy atom. The summed E-state index contributed by atoms with van der Waals surface area (Å²) in [5, 5.41) is 7.27. The zero-order valence-electron chi connectivity index (χ0n) is 17.5. The lowest BCUT2D eigenvalue weighted by atomic mass is 10.2. The number of hydrogen-bond donors (Lipinski definition) is 1. The van der Waals surface area contributed by atoms with E-state index < -0.39 is 0 Å². The van der Waals surface area contributed by atoms with Crippen LogP contribution in [-0.4, -0.2) is 27.8 Å². The number of rotatable bonds is 6. The third kappa shape index (κ3) is 4.56. The van der Waals surface area contributed by atoms with Crippen LogP contribution in [0.3, 0.4) is 0 Å². The predicted octanol–water partition coefficient (Wildman–Crippen LogP) is 4.94. The van der Waals surface area contributed by atoms with Gasteiger partial charge in [-0.2, -0.15) is 5.10 Å². The van der Waals surface area contributed by atoms with Crippen LogP contribution in [0.1, 0.15) is 21.7 Å². The molecule has 1 amide bonds.